The van der Waals surface area contributed by atoms with E-state index in [2.05, 4.69) is 40.2 Å². The third-order valence-corrected chi connectivity index (χ3v) is 5.40. The topological polar surface area (TPSA) is 20.3 Å². The Bertz CT molecular complexity index is 717. The van der Waals surface area contributed by atoms with Crippen molar-refractivity contribution in [3.8, 4) is 0 Å². The fourth-order valence-corrected chi connectivity index (χ4v) is 4.03. The fraction of sp³-hybridized carbons (Fsp3) is 0.316. The molecular weight excluding hydrogens is 338 g/mol. The predicted octanol–water partition coefficient (Wildman–Crippen LogP) is 5.27. The molecule has 0 bridgehead atoms. The molecule has 0 N–H and O–H groups in total. The molecule has 22 heavy (non-hydrogen) atoms. The Morgan fingerprint density at radius 1 is 1.00 bits per heavy atom. The number of hydrogen-bond donors (Lipinski definition) is 0. The van der Waals surface area contributed by atoms with Gasteiger partial charge in [-0.2, -0.15) is 0 Å². The third-order valence-electron chi connectivity index (χ3n) is 4.91. The first-order valence-electron chi connectivity index (χ1n) is 7.92. The molecule has 1 heterocycles. The lowest BCUT2D eigenvalue weighted by molar-refractivity contribution is 0.0996. The van der Waals surface area contributed by atoms with E-state index in [1.165, 1.54) is 31.2 Å². The fourth-order valence-electron chi connectivity index (χ4n) is 3.67. The number of nitrogens with zero attached hydrogens (tertiary/aromatic N) is 1. The third kappa shape index (κ3) is 2.38. The van der Waals surface area contributed by atoms with Gasteiger partial charge < -0.3 is 4.90 Å². The Kier molecular flexibility index (Phi) is 3.53. The highest BCUT2D eigenvalue weighted by Gasteiger charge is 2.28. The SMILES string of the molecule is O=C1c2cc(Br)ccc2CN1c1ccc(C2CCCC2)cc1. The summed E-state index contributed by atoms with van der Waals surface area (Å²) in [5.74, 6) is 0.821. The van der Waals surface area contributed by atoms with E-state index in [1.807, 2.05) is 23.1 Å². The first kappa shape index (κ1) is 14.0. The highest BCUT2D eigenvalue weighted by Crippen LogP contribution is 2.36. The number of carbonyl (C=O) groups excluding carboxylic acids is 1. The van der Waals surface area contributed by atoms with E-state index < -0.39 is 0 Å². The van der Waals surface area contributed by atoms with E-state index >= 15 is 0 Å². The van der Waals surface area contributed by atoms with Crippen LogP contribution in [0.25, 0.3) is 0 Å². The smallest absolute Gasteiger partial charge is 0.258 e. The lowest BCUT2D eigenvalue weighted by Crippen LogP contribution is -2.22. The average molecular weight is 356 g/mol. The van der Waals surface area contributed by atoms with Crippen molar-refractivity contribution in [3.63, 3.8) is 0 Å². The van der Waals surface area contributed by atoms with Crippen LogP contribution >= 0.6 is 15.9 Å². The summed E-state index contributed by atoms with van der Waals surface area (Å²) in [6, 6.07) is 14.6. The summed E-state index contributed by atoms with van der Waals surface area (Å²) >= 11 is 3.45. The van der Waals surface area contributed by atoms with Crippen LogP contribution in [0.5, 0.6) is 0 Å². The van der Waals surface area contributed by atoms with Crippen LogP contribution in [0.3, 0.4) is 0 Å². The van der Waals surface area contributed by atoms with E-state index in [-0.39, 0.29) is 5.91 Å². The number of hydrogen-bond acceptors (Lipinski definition) is 1. The van der Waals surface area contributed by atoms with Gasteiger partial charge in [0.15, 0.2) is 0 Å². The second-order valence-electron chi connectivity index (χ2n) is 6.27. The van der Waals surface area contributed by atoms with Crippen LogP contribution in [0.4, 0.5) is 5.69 Å². The Morgan fingerprint density at radius 2 is 1.73 bits per heavy atom. The maximum Gasteiger partial charge on any atom is 0.258 e. The zero-order valence-electron chi connectivity index (χ0n) is 12.4. The van der Waals surface area contributed by atoms with Crippen LogP contribution in [0.15, 0.2) is 46.9 Å². The van der Waals surface area contributed by atoms with Crippen LogP contribution in [-0.2, 0) is 6.54 Å². The van der Waals surface area contributed by atoms with Crippen LogP contribution in [-0.4, -0.2) is 5.91 Å². The first-order chi connectivity index (χ1) is 10.7. The largest absolute Gasteiger partial charge is 0.304 e. The zero-order chi connectivity index (χ0) is 15.1. The molecule has 2 aliphatic rings. The van der Waals surface area contributed by atoms with Gasteiger partial charge in [-0.25, -0.2) is 0 Å². The predicted molar refractivity (Wildman–Crippen MR) is 92.3 cm³/mol. The number of carbonyl (C=O) groups is 1. The molecule has 1 amide bonds. The normalized spacial score (nSPS) is 18.0. The van der Waals surface area contributed by atoms with Gasteiger partial charge in [0.05, 0.1) is 6.54 Å². The van der Waals surface area contributed by atoms with Crippen molar-refractivity contribution in [2.45, 2.75) is 38.1 Å². The molecule has 1 aliphatic carbocycles. The summed E-state index contributed by atoms with van der Waals surface area (Å²) in [6.45, 7) is 0.671. The van der Waals surface area contributed by atoms with Gasteiger partial charge in [-0.15, -0.1) is 0 Å². The van der Waals surface area contributed by atoms with E-state index in [0.717, 1.165) is 27.2 Å². The molecule has 0 aromatic heterocycles. The minimum Gasteiger partial charge on any atom is -0.304 e. The maximum atomic E-state index is 12.6. The summed E-state index contributed by atoms with van der Waals surface area (Å²) in [4.78, 5) is 14.5. The molecule has 0 saturated heterocycles. The average Bonchev–Trinajstić information content (AvgIpc) is 3.17. The monoisotopic (exact) mass is 355 g/mol. The Balaban J connectivity index is 1.59. The summed E-state index contributed by atoms with van der Waals surface area (Å²) in [5, 5.41) is 0. The number of anilines is 1. The summed E-state index contributed by atoms with van der Waals surface area (Å²) in [7, 11) is 0. The molecule has 0 unspecified atom stereocenters. The van der Waals surface area contributed by atoms with Crippen molar-refractivity contribution in [2.24, 2.45) is 0 Å². The van der Waals surface area contributed by atoms with E-state index in [4.69, 9.17) is 0 Å². The number of benzene rings is 2. The highest BCUT2D eigenvalue weighted by atomic mass is 79.9. The van der Waals surface area contributed by atoms with Crippen molar-refractivity contribution in [1.29, 1.82) is 0 Å². The Hall–Kier alpha value is -1.61. The molecular formula is C19H18BrNO. The van der Waals surface area contributed by atoms with E-state index in [0.29, 0.717) is 6.54 Å². The van der Waals surface area contributed by atoms with Gasteiger partial charge >= 0.3 is 0 Å². The van der Waals surface area contributed by atoms with Crippen LogP contribution in [0, 0.1) is 0 Å². The minimum atomic E-state index is 0.102. The molecule has 1 saturated carbocycles. The molecule has 0 radical (unpaired) electrons. The van der Waals surface area contributed by atoms with Gasteiger partial charge in [0.2, 0.25) is 0 Å². The minimum absolute atomic E-state index is 0.102. The number of halogens is 1. The molecule has 1 aliphatic heterocycles. The summed E-state index contributed by atoms with van der Waals surface area (Å²) in [5.41, 5.74) is 4.34. The van der Waals surface area contributed by atoms with Gasteiger partial charge in [-0.1, -0.05) is 47.0 Å². The number of fused-ring (bicyclic) bond motifs is 1. The molecule has 4 rings (SSSR count). The van der Waals surface area contributed by atoms with Crippen molar-refractivity contribution < 1.29 is 4.79 Å². The molecule has 0 atom stereocenters. The van der Waals surface area contributed by atoms with E-state index in [9.17, 15) is 4.79 Å². The molecule has 3 heteroatoms. The Morgan fingerprint density at radius 3 is 2.45 bits per heavy atom. The van der Waals surface area contributed by atoms with Gasteiger partial charge in [0, 0.05) is 15.7 Å². The van der Waals surface area contributed by atoms with Gasteiger partial charge in [0.1, 0.15) is 0 Å². The second-order valence-corrected chi connectivity index (χ2v) is 7.18. The van der Waals surface area contributed by atoms with Crippen LogP contribution in [0.1, 0.15) is 53.1 Å². The maximum absolute atomic E-state index is 12.6. The Labute approximate surface area is 139 Å². The second kappa shape index (κ2) is 5.54. The van der Waals surface area contributed by atoms with Gasteiger partial charge in [-0.05, 0) is 54.2 Å². The zero-order valence-corrected chi connectivity index (χ0v) is 14.0. The lowest BCUT2D eigenvalue weighted by atomic mass is 9.97. The first-order valence-corrected chi connectivity index (χ1v) is 8.72. The van der Waals surface area contributed by atoms with Crippen molar-refractivity contribution >= 4 is 27.5 Å². The molecule has 2 aromatic rings. The number of rotatable bonds is 2. The number of amides is 1. The molecule has 2 nitrogen and oxygen atoms in total. The molecule has 1 fully saturated rings. The van der Waals surface area contributed by atoms with Crippen molar-refractivity contribution in [1.82, 2.24) is 0 Å². The standard InChI is InChI=1S/C19H18BrNO/c20-16-8-5-15-12-21(19(22)18(15)11-16)17-9-6-14(7-10-17)13-3-1-2-4-13/h5-11,13H,1-4,12H2. The highest BCUT2D eigenvalue weighted by molar-refractivity contribution is 9.10. The van der Waals surface area contributed by atoms with Crippen LogP contribution in [0.2, 0.25) is 0 Å². The van der Waals surface area contributed by atoms with Gasteiger partial charge in [-0.3, -0.25) is 4.79 Å². The summed E-state index contributed by atoms with van der Waals surface area (Å²) < 4.78 is 0.957. The van der Waals surface area contributed by atoms with Crippen molar-refractivity contribution in [3.05, 3.63) is 63.6 Å². The molecule has 0 spiro atoms. The molecule has 112 valence electrons. The lowest BCUT2D eigenvalue weighted by Gasteiger charge is -2.17. The molecule has 2 aromatic carbocycles. The summed E-state index contributed by atoms with van der Waals surface area (Å²) in [6.07, 6.45) is 5.31. The van der Waals surface area contributed by atoms with Crippen LogP contribution < -0.4 is 4.90 Å². The van der Waals surface area contributed by atoms with Gasteiger partial charge in [0.25, 0.3) is 5.91 Å². The van der Waals surface area contributed by atoms with Crippen molar-refractivity contribution in [2.75, 3.05) is 4.90 Å². The quantitative estimate of drug-likeness (QED) is 0.718. The van der Waals surface area contributed by atoms with E-state index in [1.54, 1.807) is 0 Å².